The molecule has 0 saturated heterocycles. The van der Waals surface area contributed by atoms with Gasteiger partial charge in [0.15, 0.2) is 0 Å². The lowest BCUT2D eigenvalue weighted by atomic mass is 10.1. The standard InChI is InChI=1S/C14H14BrClN2/c15-12-7-6-11(8-13(12)16)18-14(9-17)10-4-2-1-3-5-10/h1-8,14,18H,9,17H2. The van der Waals surface area contributed by atoms with Crippen LogP contribution in [0.4, 0.5) is 5.69 Å². The molecular formula is C14H14BrClN2. The number of benzene rings is 2. The first kappa shape index (κ1) is 13.4. The van der Waals surface area contributed by atoms with Crippen molar-refractivity contribution in [2.45, 2.75) is 6.04 Å². The summed E-state index contributed by atoms with van der Waals surface area (Å²) in [5, 5.41) is 4.07. The van der Waals surface area contributed by atoms with Gasteiger partial charge in [-0.2, -0.15) is 0 Å². The van der Waals surface area contributed by atoms with Gasteiger partial charge in [0.1, 0.15) is 0 Å². The Kier molecular flexibility index (Phi) is 4.64. The van der Waals surface area contributed by atoms with Crippen molar-refractivity contribution in [3.63, 3.8) is 0 Å². The van der Waals surface area contributed by atoms with Crippen LogP contribution in [0.15, 0.2) is 53.0 Å². The Labute approximate surface area is 120 Å². The van der Waals surface area contributed by atoms with E-state index in [1.165, 1.54) is 5.56 Å². The highest BCUT2D eigenvalue weighted by Crippen LogP contribution is 2.27. The van der Waals surface area contributed by atoms with E-state index in [0.29, 0.717) is 11.6 Å². The Balaban J connectivity index is 2.18. The highest BCUT2D eigenvalue weighted by atomic mass is 79.9. The quantitative estimate of drug-likeness (QED) is 0.883. The summed E-state index contributed by atoms with van der Waals surface area (Å²) in [5.41, 5.74) is 7.94. The van der Waals surface area contributed by atoms with Gasteiger partial charge in [0, 0.05) is 16.7 Å². The van der Waals surface area contributed by atoms with E-state index in [1.807, 2.05) is 36.4 Å². The summed E-state index contributed by atoms with van der Waals surface area (Å²) in [6, 6.07) is 16.0. The van der Waals surface area contributed by atoms with Crippen molar-refractivity contribution in [2.75, 3.05) is 11.9 Å². The summed E-state index contributed by atoms with van der Waals surface area (Å²) in [7, 11) is 0. The van der Waals surface area contributed by atoms with Crippen LogP contribution in [0.25, 0.3) is 0 Å². The minimum atomic E-state index is 0.0865. The lowest BCUT2D eigenvalue weighted by Gasteiger charge is -2.19. The molecule has 2 aromatic carbocycles. The van der Waals surface area contributed by atoms with Crippen molar-refractivity contribution in [1.82, 2.24) is 0 Å². The van der Waals surface area contributed by atoms with Crippen molar-refractivity contribution in [3.8, 4) is 0 Å². The number of hydrogen-bond donors (Lipinski definition) is 2. The molecule has 94 valence electrons. The van der Waals surface area contributed by atoms with Crippen LogP contribution in [0.1, 0.15) is 11.6 Å². The van der Waals surface area contributed by atoms with Gasteiger partial charge in [-0.1, -0.05) is 41.9 Å². The molecule has 1 unspecified atom stereocenters. The fourth-order valence-electron chi connectivity index (χ4n) is 1.75. The van der Waals surface area contributed by atoms with E-state index in [-0.39, 0.29) is 6.04 Å². The zero-order valence-electron chi connectivity index (χ0n) is 9.74. The molecule has 18 heavy (non-hydrogen) atoms. The second-order valence-corrected chi connectivity index (χ2v) is 5.23. The summed E-state index contributed by atoms with van der Waals surface area (Å²) in [6.07, 6.45) is 0. The molecule has 2 aromatic rings. The van der Waals surface area contributed by atoms with Crippen LogP contribution in [0, 0.1) is 0 Å². The van der Waals surface area contributed by atoms with E-state index >= 15 is 0 Å². The van der Waals surface area contributed by atoms with Crippen molar-refractivity contribution in [2.24, 2.45) is 5.73 Å². The molecule has 0 radical (unpaired) electrons. The number of nitrogens with one attached hydrogen (secondary N) is 1. The fraction of sp³-hybridized carbons (Fsp3) is 0.143. The highest BCUT2D eigenvalue weighted by Gasteiger charge is 2.09. The van der Waals surface area contributed by atoms with Crippen molar-refractivity contribution in [3.05, 3.63) is 63.6 Å². The molecule has 3 N–H and O–H groups in total. The van der Waals surface area contributed by atoms with Gasteiger partial charge in [-0.05, 0) is 39.7 Å². The van der Waals surface area contributed by atoms with E-state index in [2.05, 4.69) is 33.4 Å². The monoisotopic (exact) mass is 324 g/mol. The molecule has 0 heterocycles. The molecule has 4 heteroatoms. The maximum Gasteiger partial charge on any atom is 0.0636 e. The number of nitrogens with two attached hydrogens (primary N) is 1. The summed E-state index contributed by atoms with van der Waals surface area (Å²) >= 11 is 9.44. The molecule has 1 atom stereocenters. The van der Waals surface area contributed by atoms with Gasteiger partial charge in [-0.25, -0.2) is 0 Å². The molecule has 0 aliphatic heterocycles. The third-order valence-electron chi connectivity index (χ3n) is 2.70. The number of rotatable bonds is 4. The maximum absolute atomic E-state index is 6.07. The van der Waals surface area contributed by atoms with E-state index in [0.717, 1.165) is 10.2 Å². The van der Waals surface area contributed by atoms with Crippen molar-refractivity contribution < 1.29 is 0 Å². The average Bonchev–Trinajstić information content (AvgIpc) is 2.41. The van der Waals surface area contributed by atoms with Gasteiger partial charge in [-0.3, -0.25) is 0 Å². The van der Waals surface area contributed by atoms with E-state index in [9.17, 15) is 0 Å². The second-order valence-electron chi connectivity index (χ2n) is 3.97. The Morgan fingerprint density at radius 3 is 2.50 bits per heavy atom. The maximum atomic E-state index is 6.07. The van der Waals surface area contributed by atoms with Crippen LogP contribution in [-0.2, 0) is 0 Å². The smallest absolute Gasteiger partial charge is 0.0636 e. The van der Waals surface area contributed by atoms with E-state index in [1.54, 1.807) is 0 Å². The summed E-state index contributed by atoms with van der Waals surface area (Å²) in [4.78, 5) is 0. The molecule has 0 aliphatic carbocycles. The van der Waals surface area contributed by atoms with Crippen LogP contribution in [0.5, 0.6) is 0 Å². The Bertz CT molecular complexity index is 516. The van der Waals surface area contributed by atoms with Crippen LogP contribution in [-0.4, -0.2) is 6.54 Å². The highest BCUT2D eigenvalue weighted by molar-refractivity contribution is 9.10. The zero-order chi connectivity index (χ0) is 13.0. The van der Waals surface area contributed by atoms with Gasteiger partial charge >= 0.3 is 0 Å². The zero-order valence-corrected chi connectivity index (χ0v) is 12.1. The largest absolute Gasteiger partial charge is 0.377 e. The van der Waals surface area contributed by atoms with Gasteiger partial charge in [-0.15, -0.1) is 0 Å². The molecule has 2 rings (SSSR count). The lowest BCUT2D eigenvalue weighted by Crippen LogP contribution is -2.20. The van der Waals surface area contributed by atoms with Gasteiger partial charge in [0.2, 0.25) is 0 Å². The molecule has 2 nitrogen and oxygen atoms in total. The molecule has 0 aromatic heterocycles. The minimum absolute atomic E-state index is 0.0865. The van der Waals surface area contributed by atoms with Crippen LogP contribution < -0.4 is 11.1 Å². The molecule has 0 aliphatic rings. The predicted molar refractivity (Wildman–Crippen MR) is 81.0 cm³/mol. The lowest BCUT2D eigenvalue weighted by molar-refractivity contribution is 0.790. The third kappa shape index (κ3) is 3.25. The fourth-order valence-corrected chi connectivity index (χ4v) is 2.18. The molecule has 0 amide bonds. The third-order valence-corrected chi connectivity index (χ3v) is 3.93. The first-order chi connectivity index (χ1) is 8.70. The van der Waals surface area contributed by atoms with Crippen LogP contribution >= 0.6 is 27.5 Å². The minimum Gasteiger partial charge on any atom is -0.377 e. The number of halogens is 2. The SMILES string of the molecule is NCC(Nc1ccc(Br)c(Cl)c1)c1ccccc1. The van der Waals surface area contributed by atoms with Crippen LogP contribution in [0.3, 0.4) is 0 Å². The molecule has 0 fully saturated rings. The van der Waals surface area contributed by atoms with Crippen molar-refractivity contribution >= 4 is 33.2 Å². The van der Waals surface area contributed by atoms with E-state index in [4.69, 9.17) is 17.3 Å². The normalized spacial score (nSPS) is 12.2. The summed E-state index contributed by atoms with van der Waals surface area (Å²) < 4.78 is 0.888. The Morgan fingerprint density at radius 2 is 1.89 bits per heavy atom. The van der Waals surface area contributed by atoms with Crippen molar-refractivity contribution in [1.29, 1.82) is 0 Å². The Hall–Kier alpha value is -1.03. The first-order valence-corrected chi connectivity index (χ1v) is 6.84. The van der Waals surface area contributed by atoms with Gasteiger partial charge in [0.25, 0.3) is 0 Å². The summed E-state index contributed by atoms with van der Waals surface area (Å²) in [6.45, 7) is 0.525. The van der Waals surface area contributed by atoms with Crippen LogP contribution in [0.2, 0.25) is 5.02 Å². The second kappa shape index (κ2) is 6.23. The average molecular weight is 326 g/mol. The predicted octanol–water partition coefficient (Wildman–Crippen LogP) is 4.21. The van der Waals surface area contributed by atoms with Gasteiger partial charge < -0.3 is 11.1 Å². The molecule has 0 saturated carbocycles. The van der Waals surface area contributed by atoms with Gasteiger partial charge in [0.05, 0.1) is 11.1 Å². The molecule has 0 bridgehead atoms. The van der Waals surface area contributed by atoms with E-state index < -0.39 is 0 Å². The molecular weight excluding hydrogens is 312 g/mol. The Morgan fingerprint density at radius 1 is 1.17 bits per heavy atom. The topological polar surface area (TPSA) is 38.0 Å². The first-order valence-electron chi connectivity index (χ1n) is 5.67. The summed E-state index contributed by atoms with van der Waals surface area (Å²) in [5.74, 6) is 0. The number of anilines is 1. The molecule has 0 spiro atoms. The number of hydrogen-bond acceptors (Lipinski definition) is 2.